The van der Waals surface area contributed by atoms with Crippen molar-refractivity contribution in [2.45, 2.75) is 44.8 Å². The summed E-state index contributed by atoms with van der Waals surface area (Å²) in [6, 6.07) is 14.4. The maximum Gasteiger partial charge on any atom is 0.408 e. The van der Waals surface area contributed by atoms with Crippen molar-refractivity contribution >= 4 is 11.8 Å². The zero-order chi connectivity index (χ0) is 18.9. The van der Waals surface area contributed by atoms with E-state index in [1.54, 1.807) is 26.8 Å². The number of carbonyl (C=O) groups excluding carboxylic acids is 1. The summed E-state index contributed by atoms with van der Waals surface area (Å²) in [5, 5.41) is 14.2. The molecule has 3 rings (SSSR count). The normalized spacial score (nSPS) is 15.2. The molecule has 2 aromatic carbocycles. The number of hydrogen-bond acceptors (Lipinski definition) is 4. The van der Waals surface area contributed by atoms with Crippen LogP contribution in [-0.2, 0) is 23.1 Å². The Bertz CT molecular complexity index is 830. The zero-order valence-corrected chi connectivity index (χ0v) is 15.1. The number of fused-ring (bicyclic) bond motifs is 1. The quantitative estimate of drug-likeness (QED) is 0.664. The molecule has 0 aliphatic heterocycles. The molecule has 26 heavy (non-hydrogen) atoms. The number of nitrogens with zero attached hydrogens (tertiary/aromatic N) is 1. The number of alkyl carbamates (subject to hydrolysis) is 1. The third kappa shape index (κ3) is 3.69. The second kappa shape index (κ2) is 6.44. The SMILES string of the molecule is CC(C)(C)OC(=O)NC1(c2cccc([N+](=O)[O-])c2)Cc2ccccc2C1. The van der Waals surface area contributed by atoms with Gasteiger partial charge in [0.05, 0.1) is 10.5 Å². The molecule has 0 saturated heterocycles. The molecule has 1 aliphatic rings. The highest BCUT2D eigenvalue weighted by Gasteiger charge is 2.41. The molecule has 136 valence electrons. The number of benzene rings is 2. The van der Waals surface area contributed by atoms with Gasteiger partial charge in [-0.15, -0.1) is 0 Å². The molecule has 0 unspecified atom stereocenters. The second-order valence-corrected chi connectivity index (χ2v) is 7.64. The van der Waals surface area contributed by atoms with E-state index in [4.69, 9.17) is 4.74 Å². The second-order valence-electron chi connectivity index (χ2n) is 7.64. The van der Waals surface area contributed by atoms with E-state index < -0.39 is 22.2 Å². The molecule has 0 radical (unpaired) electrons. The van der Waals surface area contributed by atoms with Crippen LogP contribution in [-0.4, -0.2) is 16.6 Å². The van der Waals surface area contributed by atoms with E-state index in [-0.39, 0.29) is 5.69 Å². The van der Waals surface area contributed by atoms with Gasteiger partial charge >= 0.3 is 6.09 Å². The van der Waals surface area contributed by atoms with Crippen LogP contribution in [0.15, 0.2) is 48.5 Å². The van der Waals surface area contributed by atoms with Crippen LogP contribution in [0.1, 0.15) is 37.5 Å². The lowest BCUT2D eigenvalue weighted by Crippen LogP contribution is -2.48. The number of amides is 1. The first kappa shape index (κ1) is 17.9. The smallest absolute Gasteiger partial charge is 0.408 e. The number of rotatable bonds is 3. The van der Waals surface area contributed by atoms with E-state index in [1.165, 1.54) is 12.1 Å². The minimum atomic E-state index is -0.766. The Morgan fingerprint density at radius 2 is 1.73 bits per heavy atom. The van der Waals surface area contributed by atoms with Gasteiger partial charge in [-0.2, -0.15) is 0 Å². The predicted molar refractivity (Wildman–Crippen MR) is 98.0 cm³/mol. The first-order valence-corrected chi connectivity index (χ1v) is 8.51. The maximum atomic E-state index is 12.5. The minimum absolute atomic E-state index is 0.00354. The van der Waals surface area contributed by atoms with Gasteiger partial charge in [-0.1, -0.05) is 36.4 Å². The third-order valence-electron chi connectivity index (χ3n) is 4.45. The van der Waals surface area contributed by atoms with E-state index >= 15 is 0 Å². The van der Waals surface area contributed by atoms with Crippen molar-refractivity contribution in [2.75, 3.05) is 0 Å². The Labute approximate surface area is 152 Å². The highest BCUT2D eigenvalue weighted by Crippen LogP contribution is 2.39. The topological polar surface area (TPSA) is 81.5 Å². The number of hydrogen-bond donors (Lipinski definition) is 1. The van der Waals surface area contributed by atoms with Gasteiger partial charge in [0, 0.05) is 25.0 Å². The summed E-state index contributed by atoms with van der Waals surface area (Å²) in [5.74, 6) is 0. The Morgan fingerprint density at radius 1 is 1.12 bits per heavy atom. The Balaban J connectivity index is 2.00. The van der Waals surface area contributed by atoms with Crippen molar-refractivity contribution < 1.29 is 14.5 Å². The van der Waals surface area contributed by atoms with Crippen molar-refractivity contribution in [1.82, 2.24) is 5.32 Å². The van der Waals surface area contributed by atoms with Gasteiger partial charge in [-0.3, -0.25) is 10.1 Å². The summed E-state index contributed by atoms with van der Waals surface area (Å²) in [6.07, 6.45) is 0.587. The maximum absolute atomic E-state index is 12.5. The highest BCUT2D eigenvalue weighted by molar-refractivity contribution is 5.70. The summed E-state index contributed by atoms with van der Waals surface area (Å²) in [6.45, 7) is 5.40. The Morgan fingerprint density at radius 3 is 2.27 bits per heavy atom. The van der Waals surface area contributed by atoms with Crippen LogP contribution in [0.25, 0.3) is 0 Å². The zero-order valence-electron chi connectivity index (χ0n) is 15.1. The summed E-state index contributed by atoms with van der Waals surface area (Å²) >= 11 is 0. The average molecular weight is 354 g/mol. The number of nitro benzene ring substituents is 1. The van der Waals surface area contributed by atoms with Gasteiger partial charge < -0.3 is 10.1 Å². The molecule has 0 fully saturated rings. The van der Waals surface area contributed by atoms with Crippen molar-refractivity contribution in [3.8, 4) is 0 Å². The van der Waals surface area contributed by atoms with Gasteiger partial charge in [-0.05, 0) is 37.5 Å². The highest BCUT2D eigenvalue weighted by atomic mass is 16.6. The molecule has 2 aromatic rings. The van der Waals surface area contributed by atoms with Crippen LogP contribution in [0.3, 0.4) is 0 Å². The molecule has 0 heterocycles. The monoisotopic (exact) mass is 354 g/mol. The van der Waals surface area contributed by atoms with Gasteiger partial charge in [0.1, 0.15) is 5.60 Å². The third-order valence-corrected chi connectivity index (χ3v) is 4.45. The molecular formula is C20H22N2O4. The molecule has 1 aliphatic carbocycles. The molecule has 1 amide bonds. The van der Waals surface area contributed by atoms with Crippen molar-refractivity contribution in [1.29, 1.82) is 0 Å². The van der Waals surface area contributed by atoms with Gasteiger partial charge in [-0.25, -0.2) is 4.79 Å². The molecule has 6 nitrogen and oxygen atoms in total. The van der Waals surface area contributed by atoms with Crippen LogP contribution in [0, 0.1) is 10.1 Å². The van der Waals surface area contributed by atoms with Crippen molar-refractivity contribution in [3.05, 3.63) is 75.3 Å². The summed E-state index contributed by atoms with van der Waals surface area (Å²) in [7, 11) is 0. The van der Waals surface area contributed by atoms with Crippen LogP contribution < -0.4 is 5.32 Å². The van der Waals surface area contributed by atoms with Crippen molar-refractivity contribution in [2.24, 2.45) is 0 Å². The minimum Gasteiger partial charge on any atom is -0.444 e. The summed E-state index contributed by atoms with van der Waals surface area (Å²) in [4.78, 5) is 23.3. The largest absolute Gasteiger partial charge is 0.444 e. The van der Waals surface area contributed by atoms with E-state index in [0.717, 1.165) is 11.1 Å². The number of carbonyl (C=O) groups is 1. The fraction of sp³-hybridized carbons (Fsp3) is 0.350. The summed E-state index contributed by atoms with van der Waals surface area (Å²) < 4.78 is 5.44. The molecule has 0 aromatic heterocycles. The lowest BCUT2D eigenvalue weighted by atomic mass is 9.86. The van der Waals surface area contributed by atoms with Gasteiger partial charge in [0.25, 0.3) is 5.69 Å². The molecule has 0 bridgehead atoms. The average Bonchev–Trinajstić information content (AvgIpc) is 2.92. The van der Waals surface area contributed by atoms with E-state index in [1.807, 2.05) is 30.3 Å². The standard InChI is InChI=1S/C20H22N2O4/c1-19(2,3)26-18(23)21-20(12-14-7-4-5-8-15(14)13-20)16-9-6-10-17(11-16)22(24)25/h4-11H,12-13H2,1-3H3,(H,21,23). The van der Waals surface area contributed by atoms with E-state index in [9.17, 15) is 14.9 Å². The van der Waals surface area contributed by atoms with Gasteiger partial charge in [0.2, 0.25) is 0 Å². The van der Waals surface area contributed by atoms with E-state index in [0.29, 0.717) is 18.4 Å². The first-order valence-electron chi connectivity index (χ1n) is 8.51. The van der Waals surface area contributed by atoms with Crippen LogP contribution in [0.5, 0.6) is 0 Å². The fourth-order valence-electron chi connectivity index (χ4n) is 3.40. The number of non-ortho nitro benzene ring substituents is 1. The lowest BCUT2D eigenvalue weighted by molar-refractivity contribution is -0.385. The molecule has 6 heteroatoms. The van der Waals surface area contributed by atoms with Gasteiger partial charge in [0.15, 0.2) is 0 Å². The van der Waals surface area contributed by atoms with Crippen molar-refractivity contribution in [3.63, 3.8) is 0 Å². The lowest BCUT2D eigenvalue weighted by Gasteiger charge is -2.32. The predicted octanol–water partition coefficient (Wildman–Crippen LogP) is 4.11. The Kier molecular flexibility index (Phi) is 4.44. The van der Waals surface area contributed by atoms with Crippen LogP contribution in [0.2, 0.25) is 0 Å². The number of nitrogens with one attached hydrogen (secondary N) is 1. The van der Waals surface area contributed by atoms with Crippen LogP contribution in [0.4, 0.5) is 10.5 Å². The molecule has 0 spiro atoms. The molecule has 0 saturated carbocycles. The molecule has 1 N–H and O–H groups in total. The molecular weight excluding hydrogens is 332 g/mol. The number of ether oxygens (including phenoxy) is 1. The molecule has 0 atom stereocenters. The number of nitro groups is 1. The fourth-order valence-corrected chi connectivity index (χ4v) is 3.40. The Hall–Kier alpha value is -2.89. The van der Waals surface area contributed by atoms with Crippen LogP contribution >= 0.6 is 0 Å². The first-order chi connectivity index (χ1) is 12.2. The summed E-state index contributed by atoms with van der Waals surface area (Å²) in [5.41, 5.74) is 1.56. The van der Waals surface area contributed by atoms with E-state index in [2.05, 4.69) is 5.32 Å².